The van der Waals surface area contributed by atoms with Crippen LogP contribution in [0.2, 0.25) is 0 Å². The van der Waals surface area contributed by atoms with E-state index in [1.54, 1.807) is 6.26 Å². The van der Waals surface area contributed by atoms with Crippen LogP contribution in [0.5, 0.6) is 0 Å². The second kappa shape index (κ2) is 38.8. The van der Waals surface area contributed by atoms with Crippen molar-refractivity contribution in [3.05, 3.63) is 36.6 Å². The molecule has 0 saturated carbocycles. The number of phosphoric acid groups is 1. The van der Waals surface area contributed by atoms with E-state index in [-0.39, 0.29) is 32.3 Å². The van der Waals surface area contributed by atoms with E-state index in [1.165, 1.54) is 109 Å². The van der Waals surface area contributed by atoms with Crippen molar-refractivity contribution in [3.8, 4) is 0 Å². The molecule has 0 fully saturated rings. The fourth-order valence-electron chi connectivity index (χ4n) is 5.54. The Kier molecular flexibility index (Phi) is 37.7. The van der Waals surface area contributed by atoms with Crippen LogP contribution in [0, 0.1) is 0 Å². The third-order valence-corrected chi connectivity index (χ3v) is 9.63. The van der Waals surface area contributed by atoms with Gasteiger partial charge in [-0.05, 0) is 57.4 Å². The third-order valence-electron chi connectivity index (χ3n) is 8.65. The highest BCUT2D eigenvalue weighted by atomic mass is 31.2. The zero-order chi connectivity index (χ0) is 36.6. The lowest BCUT2D eigenvalue weighted by Crippen LogP contribution is -2.25. The average molecular weight is 728 g/mol. The van der Waals surface area contributed by atoms with E-state index in [0.717, 1.165) is 57.8 Å². The van der Waals surface area contributed by atoms with Crippen molar-refractivity contribution in [2.24, 2.45) is 5.73 Å². The molecular weight excluding hydrogens is 649 g/mol. The lowest BCUT2D eigenvalue weighted by molar-refractivity contribution is -0.147. The van der Waals surface area contributed by atoms with Gasteiger partial charge in [0.15, 0.2) is 6.10 Å². The van der Waals surface area contributed by atoms with Gasteiger partial charge in [0.25, 0.3) is 0 Å². The zero-order valence-electron chi connectivity index (χ0n) is 32.4. The number of allylic oxidation sites excluding steroid dienone is 5. The molecule has 0 radical (unpaired) electrons. The maximum atomic E-state index is 12.4. The molecular formula is C41H78NO7P. The summed E-state index contributed by atoms with van der Waals surface area (Å²) in [5.41, 5.74) is 5.36. The third kappa shape index (κ3) is 37.8. The first-order valence-corrected chi connectivity index (χ1v) is 22.0. The Morgan fingerprint density at radius 2 is 1.08 bits per heavy atom. The molecule has 0 saturated heterocycles. The molecule has 8 nitrogen and oxygen atoms in total. The average Bonchev–Trinajstić information content (AvgIpc) is 3.11. The molecule has 3 N–H and O–H groups in total. The van der Waals surface area contributed by atoms with Crippen LogP contribution in [-0.4, -0.2) is 43.3 Å². The Bertz CT molecular complexity index is 864. The van der Waals surface area contributed by atoms with Gasteiger partial charge in [-0.3, -0.25) is 13.8 Å². The van der Waals surface area contributed by atoms with E-state index >= 15 is 0 Å². The normalized spacial score (nSPS) is 13.8. The number of phosphoric ester groups is 1. The second-order valence-corrected chi connectivity index (χ2v) is 15.0. The van der Waals surface area contributed by atoms with Crippen LogP contribution in [-0.2, 0) is 27.9 Å². The maximum absolute atomic E-state index is 12.4. The lowest BCUT2D eigenvalue weighted by Gasteiger charge is -2.19. The molecule has 9 heteroatoms. The van der Waals surface area contributed by atoms with Crippen LogP contribution in [0.3, 0.4) is 0 Å². The standard InChI is InChI=1S/C41H78NO7P/c1-3-5-7-9-11-13-15-17-19-21-23-25-27-29-31-33-36-46-40(39-49-50(44,45)48-37-35-42)38-47-41(43)34-32-30-28-26-24-22-20-18-16-14-12-10-8-6-4-2/h12,14,18,20,33,36,40H,3-11,13,15-17,19,21-32,34-35,37-39,42H2,1-2H3,(H,44,45)/b14-12-,20-18-,36-33-/t40-/m1/s1. The van der Waals surface area contributed by atoms with Gasteiger partial charge in [0.05, 0.1) is 19.5 Å². The highest BCUT2D eigenvalue weighted by Crippen LogP contribution is 2.43. The Hall–Kier alpha value is -1.44. The quantitative estimate of drug-likeness (QED) is 0.0211. The first-order chi connectivity index (χ1) is 24.4. The van der Waals surface area contributed by atoms with E-state index in [9.17, 15) is 14.3 Å². The minimum Gasteiger partial charge on any atom is -0.492 e. The van der Waals surface area contributed by atoms with E-state index in [0.29, 0.717) is 6.42 Å². The van der Waals surface area contributed by atoms with Crippen molar-refractivity contribution in [3.63, 3.8) is 0 Å². The highest BCUT2D eigenvalue weighted by Gasteiger charge is 2.24. The molecule has 0 aromatic heterocycles. The Labute approximate surface area is 308 Å². The fraction of sp³-hybridized carbons (Fsp3) is 0.829. The Morgan fingerprint density at radius 3 is 1.62 bits per heavy atom. The van der Waals surface area contributed by atoms with Crippen LogP contribution in [0.25, 0.3) is 0 Å². The van der Waals surface area contributed by atoms with Crippen LogP contribution in [0.15, 0.2) is 36.6 Å². The topological polar surface area (TPSA) is 117 Å². The summed E-state index contributed by atoms with van der Waals surface area (Å²) in [6.45, 7) is 4.18. The molecule has 0 rings (SSSR count). The van der Waals surface area contributed by atoms with E-state index < -0.39 is 13.9 Å². The van der Waals surface area contributed by atoms with Gasteiger partial charge in [-0.2, -0.15) is 0 Å². The maximum Gasteiger partial charge on any atom is 0.472 e. The molecule has 2 atom stereocenters. The van der Waals surface area contributed by atoms with Crippen LogP contribution in [0.1, 0.15) is 187 Å². The number of unbranched alkanes of at least 4 members (excludes halogenated alkanes) is 22. The van der Waals surface area contributed by atoms with Gasteiger partial charge >= 0.3 is 13.8 Å². The molecule has 0 amide bonds. The predicted octanol–water partition coefficient (Wildman–Crippen LogP) is 12.2. The predicted molar refractivity (Wildman–Crippen MR) is 210 cm³/mol. The molecule has 0 aromatic carbocycles. The molecule has 1 unspecified atom stereocenters. The van der Waals surface area contributed by atoms with Crippen molar-refractivity contribution in [1.82, 2.24) is 0 Å². The summed E-state index contributed by atoms with van der Waals surface area (Å²) in [5, 5.41) is 0. The first-order valence-electron chi connectivity index (χ1n) is 20.5. The number of nitrogens with two attached hydrogens (primary N) is 1. The molecule has 0 bridgehead atoms. The van der Waals surface area contributed by atoms with Crippen molar-refractivity contribution in [2.45, 2.75) is 193 Å². The van der Waals surface area contributed by atoms with Gasteiger partial charge < -0.3 is 20.1 Å². The summed E-state index contributed by atoms with van der Waals surface area (Å²) in [5.74, 6) is -0.303. The second-order valence-electron chi connectivity index (χ2n) is 13.6. The fourth-order valence-corrected chi connectivity index (χ4v) is 6.30. The number of hydrogen-bond acceptors (Lipinski definition) is 7. The minimum atomic E-state index is -4.27. The summed E-state index contributed by atoms with van der Waals surface area (Å²) < 4.78 is 33.1. The smallest absolute Gasteiger partial charge is 0.472 e. The van der Waals surface area contributed by atoms with E-state index in [1.807, 2.05) is 6.08 Å². The van der Waals surface area contributed by atoms with Crippen LogP contribution in [0.4, 0.5) is 0 Å². The van der Waals surface area contributed by atoms with Gasteiger partial charge in [0.2, 0.25) is 0 Å². The summed E-state index contributed by atoms with van der Waals surface area (Å²) in [7, 11) is -4.27. The van der Waals surface area contributed by atoms with Crippen molar-refractivity contribution in [1.29, 1.82) is 0 Å². The SMILES string of the molecule is CCCCC/C=C\C/C=C\CCCCCCCC(=O)OC[C@H](COP(=O)(O)OCCN)O/C=C\CCCCCCCCCCCCCCCC. The Balaban J connectivity index is 4.12. The Morgan fingerprint density at radius 1 is 0.620 bits per heavy atom. The monoisotopic (exact) mass is 728 g/mol. The first kappa shape index (κ1) is 48.6. The van der Waals surface area contributed by atoms with Crippen molar-refractivity contribution < 1.29 is 32.8 Å². The molecule has 0 aromatic rings. The summed E-state index contributed by atoms with van der Waals surface area (Å²) in [6, 6.07) is 0. The number of esters is 1. The summed E-state index contributed by atoms with van der Waals surface area (Å²) >= 11 is 0. The lowest BCUT2D eigenvalue weighted by atomic mass is 10.0. The molecule has 50 heavy (non-hydrogen) atoms. The molecule has 0 aliphatic heterocycles. The van der Waals surface area contributed by atoms with Crippen LogP contribution < -0.4 is 5.73 Å². The summed E-state index contributed by atoms with van der Waals surface area (Å²) in [4.78, 5) is 22.2. The number of hydrogen-bond donors (Lipinski definition) is 2. The van der Waals surface area contributed by atoms with E-state index in [4.69, 9.17) is 24.3 Å². The molecule has 0 aliphatic rings. The largest absolute Gasteiger partial charge is 0.492 e. The van der Waals surface area contributed by atoms with Gasteiger partial charge in [-0.1, -0.05) is 154 Å². The van der Waals surface area contributed by atoms with Gasteiger partial charge in [0, 0.05) is 13.0 Å². The van der Waals surface area contributed by atoms with E-state index in [2.05, 4.69) is 38.2 Å². The van der Waals surface area contributed by atoms with Crippen LogP contribution >= 0.6 is 7.82 Å². The molecule has 0 aliphatic carbocycles. The molecule has 294 valence electrons. The highest BCUT2D eigenvalue weighted by molar-refractivity contribution is 7.47. The van der Waals surface area contributed by atoms with Crippen molar-refractivity contribution >= 4 is 13.8 Å². The molecule has 0 heterocycles. The van der Waals surface area contributed by atoms with Gasteiger partial charge in [-0.25, -0.2) is 4.57 Å². The zero-order valence-corrected chi connectivity index (χ0v) is 33.3. The van der Waals surface area contributed by atoms with Gasteiger partial charge in [0.1, 0.15) is 6.61 Å². The number of rotatable bonds is 39. The van der Waals surface area contributed by atoms with Crippen molar-refractivity contribution in [2.75, 3.05) is 26.4 Å². The molecule has 0 spiro atoms. The minimum absolute atomic E-state index is 0.0703. The number of carbonyl (C=O) groups excluding carboxylic acids is 1. The summed E-state index contributed by atoms with van der Waals surface area (Å²) in [6.07, 6.45) is 44.0. The number of carbonyl (C=O) groups is 1. The van der Waals surface area contributed by atoms with Gasteiger partial charge in [-0.15, -0.1) is 0 Å². The number of ether oxygens (including phenoxy) is 2.